The summed E-state index contributed by atoms with van der Waals surface area (Å²) in [5.74, 6) is 0. The largest absolute Gasteiger partial charge is 0.309 e. The third kappa shape index (κ3) is 2.78. The highest BCUT2D eigenvalue weighted by molar-refractivity contribution is 7.15. The highest BCUT2D eigenvalue weighted by Crippen LogP contribution is 2.36. The third-order valence-corrected chi connectivity index (χ3v) is 7.04. The molecule has 4 aromatic carbocycles. The number of fused-ring (bicyclic) bond motifs is 4. The highest BCUT2D eigenvalue weighted by atomic mass is 32.1. The molecule has 0 N–H and O–H groups in total. The summed E-state index contributed by atoms with van der Waals surface area (Å²) in [6, 6.07) is 36.5. The van der Waals surface area contributed by atoms with E-state index >= 15 is 0 Å². The van der Waals surface area contributed by atoms with Crippen LogP contribution in [0.25, 0.3) is 55.0 Å². The lowest BCUT2D eigenvalue weighted by molar-refractivity contribution is 1.18. The van der Waals surface area contributed by atoms with Crippen molar-refractivity contribution in [2.24, 2.45) is 0 Å². The van der Waals surface area contributed by atoms with Gasteiger partial charge in [0.2, 0.25) is 0 Å². The van der Waals surface area contributed by atoms with Crippen LogP contribution in [0.4, 0.5) is 0 Å². The number of benzene rings is 4. The van der Waals surface area contributed by atoms with Gasteiger partial charge in [-0.05, 0) is 24.3 Å². The van der Waals surface area contributed by atoms with Crippen LogP contribution in [0, 0.1) is 0 Å². The van der Waals surface area contributed by atoms with Crippen LogP contribution in [0.2, 0.25) is 0 Å². The van der Waals surface area contributed by atoms with Gasteiger partial charge in [-0.3, -0.25) is 4.40 Å². The van der Waals surface area contributed by atoms with Crippen molar-refractivity contribution in [1.29, 1.82) is 0 Å². The molecule has 0 radical (unpaired) electrons. The minimum atomic E-state index is 1.01. The number of thiazole rings is 1. The van der Waals surface area contributed by atoms with Crippen molar-refractivity contribution in [3.8, 4) is 28.2 Å². The summed E-state index contributed by atoms with van der Waals surface area (Å²) < 4.78 is 4.55. The first-order valence-electron chi connectivity index (χ1n) is 11.0. The summed E-state index contributed by atoms with van der Waals surface area (Å²) in [4.78, 5) is 5.96. The third-order valence-electron chi connectivity index (χ3n) is 6.29. The first-order valence-corrected chi connectivity index (χ1v) is 11.9. The van der Waals surface area contributed by atoms with Gasteiger partial charge in [0, 0.05) is 39.2 Å². The molecule has 7 rings (SSSR count). The molecular weight excluding hydrogens is 422 g/mol. The molecule has 0 atom stereocenters. The second-order valence-corrected chi connectivity index (χ2v) is 9.02. The second-order valence-electron chi connectivity index (χ2n) is 8.15. The zero-order chi connectivity index (χ0) is 21.8. The van der Waals surface area contributed by atoms with Gasteiger partial charge >= 0.3 is 0 Å². The zero-order valence-corrected chi connectivity index (χ0v) is 18.5. The van der Waals surface area contributed by atoms with Crippen LogP contribution < -0.4 is 0 Å². The molecule has 0 saturated carbocycles. The van der Waals surface area contributed by atoms with Gasteiger partial charge in [0.15, 0.2) is 4.96 Å². The minimum absolute atomic E-state index is 1.01. The van der Waals surface area contributed by atoms with Gasteiger partial charge in [-0.15, -0.1) is 11.3 Å². The fourth-order valence-corrected chi connectivity index (χ4v) is 5.54. The van der Waals surface area contributed by atoms with Crippen molar-refractivity contribution in [3.63, 3.8) is 0 Å². The maximum Gasteiger partial charge on any atom is 0.194 e. The van der Waals surface area contributed by atoms with E-state index in [0.717, 1.165) is 33.2 Å². The molecule has 3 aromatic heterocycles. The van der Waals surface area contributed by atoms with Crippen molar-refractivity contribution < 1.29 is 0 Å². The molecule has 0 aliphatic rings. The molecule has 0 saturated heterocycles. The minimum Gasteiger partial charge on any atom is -0.309 e. The molecule has 0 fully saturated rings. The summed E-state index contributed by atoms with van der Waals surface area (Å²) in [6.07, 6.45) is 2.11. The van der Waals surface area contributed by atoms with Crippen LogP contribution >= 0.6 is 11.3 Å². The molecule has 33 heavy (non-hydrogen) atoms. The Morgan fingerprint density at radius 3 is 1.94 bits per heavy atom. The van der Waals surface area contributed by atoms with Crippen molar-refractivity contribution in [2.75, 3.05) is 0 Å². The lowest BCUT2D eigenvalue weighted by Crippen LogP contribution is -1.94. The number of aromatic nitrogens is 3. The Labute approximate surface area is 194 Å². The van der Waals surface area contributed by atoms with Gasteiger partial charge in [0.1, 0.15) is 0 Å². The van der Waals surface area contributed by atoms with Crippen molar-refractivity contribution in [3.05, 3.63) is 115 Å². The summed E-state index contributed by atoms with van der Waals surface area (Å²) in [7, 11) is 0. The normalized spacial score (nSPS) is 11.6. The fraction of sp³-hybridized carbons (Fsp3) is 0. The predicted octanol–water partition coefficient (Wildman–Crippen LogP) is 7.83. The number of rotatable bonds is 3. The first-order chi connectivity index (χ1) is 16.4. The van der Waals surface area contributed by atoms with E-state index in [1.807, 2.05) is 6.07 Å². The Bertz CT molecular complexity index is 1700. The number of hydrogen-bond donors (Lipinski definition) is 0. The molecule has 4 heteroatoms. The van der Waals surface area contributed by atoms with Crippen LogP contribution in [-0.2, 0) is 0 Å². The number of hydrogen-bond acceptors (Lipinski definition) is 2. The summed E-state index contributed by atoms with van der Waals surface area (Å²) in [6.45, 7) is 0. The molecule has 0 bridgehead atoms. The maximum absolute atomic E-state index is 4.95. The fourth-order valence-electron chi connectivity index (χ4n) is 4.83. The molecule has 0 spiro atoms. The van der Waals surface area contributed by atoms with Gasteiger partial charge in [-0.1, -0.05) is 78.9 Å². The Morgan fingerprint density at radius 2 is 1.24 bits per heavy atom. The van der Waals surface area contributed by atoms with Gasteiger partial charge in [-0.2, -0.15) is 0 Å². The Kier molecular flexibility index (Phi) is 4.01. The topological polar surface area (TPSA) is 22.2 Å². The van der Waals surface area contributed by atoms with Crippen molar-refractivity contribution in [2.45, 2.75) is 0 Å². The Morgan fingerprint density at radius 1 is 0.606 bits per heavy atom. The number of para-hydroxylation sites is 2. The monoisotopic (exact) mass is 441 g/mol. The van der Waals surface area contributed by atoms with E-state index in [2.05, 4.69) is 118 Å². The van der Waals surface area contributed by atoms with Gasteiger partial charge in [-0.25, -0.2) is 4.98 Å². The van der Waals surface area contributed by atoms with Gasteiger partial charge in [0.25, 0.3) is 0 Å². The van der Waals surface area contributed by atoms with E-state index in [0.29, 0.717) is 0 Å². The van der Waals surface area contributed by atoms with Crippen LogP contribution in [0.3, 0.4) is 0 Å². The summed E-state index contributed by atoms with van der Waals surface area (Å²) in [5, 5.41) is 4.64. The average Bonchev–Trinajstić information content (AvgIpc) is 3.56. The predicted molar refractivity (Wildman–Crippen MR) is 138 cm³/mol. The lowest BCUT2D eigenvalue weighted by atomic mass is 10.0. The smallest absolute Gasteiger partial charge is 0.194 e. The number of nitrogens with zero attached hydrogens (tertiary/aromatic N) is 3. The standard InChI is InChI=1S/C29H19N3S/c1-2-8-20(9-3-1)27-28(31-18-19-33-29(31)30-27)21-14-16-22(17-15-21)32-25-12-6-4-10-23(25)24-11-5-7-13-26(24)32/h1-19H. The van der Waals surface area contributed by atoms with Crippen molar-refractivity contribution in [1.82, 2.24) is 14.0 Å². The zero-order valence-electron chi connectivity index (χ0n) is 17.7. The molecule has 0 aliphatic heterocycles. The Hall–Kier alpha value is -4.15. The first kappa shape index (κ1) is 18.4. The lowest BCUT2D eigenvalue weighted by Gasteiger charge is -2.10. The maximum atomic E-state index is 4.95. The molecule has 156 valence electrons. The molecule has 0 amide bonds. The molecule has 3 nitrogen and oxygen atoms in total. The second kappa shape index (κ2) is 7.19. The van der Waals surface area contributed by atoms with Crippen LogP contribution in [0.15, 0.2) is 115 Å². The summed E-state index contributed by atoms with van der Waals surface area (Å²) >= 11 is 1.66. The average molecular weight is 442 g/mol. The van der Waals surface area contributed by atoms with Gasteiger partial charge < -0.3 is 4.57 Å². The quantitative estimate of drug-likeness (QED) is 0.274. The van der Waals surface area contributed by atoms with E-state index in [-0.39, 0.29) is 0 Å². The SMILES string of the molecule is c1ccc(-c2nc3sccn3c2-c2ccc(-n3c4ccccc4c4ccccc43)cc2)cc1. The van der Waals surface area contributed by atoms with Crippen LogP contribution in [-0.4, -0.2) is 14.0 Å². The highest BCUT2D eigenvalue weighted by Gasteiger charge is 2.17. The molecule has 0 unspecified atom stereocenters. The molecule has 3 heterocycles. The molecular formula is C29H19N3S. The van der Waals surface area contributed by atoms with E-state index in [4.69, 9.17) is 4.98 Å². The van der Waals surface area contributed by atoms with Crippen LogP contribution in [0.5, 0.6) is 0 Å². The van der Waals surface area contributed by atoms with E-state index in [1.54, 1.807) is 11.3 Å². The number of imidazole rings is 1. The van der Waals surface area contributed by atoms with Crippen molar-refractivity contribution >= 4 is 38.1 Å². The Balaban J connectivity index is 1.42. The molecule has 0 aliphatic carbocycles. The van der Waals surface area contributed by atoms with E-state index < -0.39 is 0 Å². The van der Waals surface area contributed by atoms with Gasteiger partial charge in [0.05, 0.1) is 22.4 Å². The van der Waals surface area contributed by atoms with E-state index in [9.17, 15) is 0 Å². The summed E-state index contributed by atoms with van der Waals surface area (Å²) in [5.41, 5.74) is 8.04. The van der Waals surface area contributed by atoms with E-state index in [1.165, 1.54) is 21.8 Å². The van der Waals surface area contributed by atoms with Crippen LogP contribution in [0.1, 0.15) is 0 Å². The molecule has 7 aromatic rings.